The largest absolute Gasteiger partial charge is 0.327 e. The molecule has 3 aromatic heterocycles. The quantitative estimate of drug-likeness (QED) is 0.332. The van der Waals surface area contributed by atoms with Crippen LogP contribution in [-0.4, -0.2) is 19.5 Å². The molecule has 36 heavy (non-hydrogen) atoms. The Morgan fingerprint density at radius 1 is 0.889 bits per heavy atom. The zero-order chi connectivity index (χ0) is 23.8. The van der Waals surface area contributed by atoms with Gasteiger partial charge in [-0.3, -0.25) is 0 Å². The second kappa shape index (κ2) is 9.97. The van der Waals surface area contributed by atoms with Crippen molar-refractivity contribution in [2.24, 2.45) is 5.92 Å². The van der Waals surface area contributed by atoms with Crippen molar-refractivity contribution in [1.82, 2.24) is 19.5 Å². The van der Waals surface area contributed by atoms with E-state index in [-0.39, 0.29) is 18.3 Å². The van der Waals surface area contributed by atoms with E-state index < -0.39 is 0 Å². The molecule has 1 N–H and O–H groups in total. The maximum atomic E-state index is 9.25. The van der Waals surface area contributed by atoms with Gasteiger partial charge < -0.3 is 9.88 Å². The number of hydrogen-bond donors (Lipinski definition) is 1. The molecule has 0 radical (unpaired) electrons. The summed E-state index contributed by atoms with van der Waals surface area (Å²) < 4.78 is 2.29. The zero-order valence-electron chi connectivity index (χ0n) is 19.8. The lowest BCUT2D eigenvalue weighted by molar-refractivity contribution is 0.318. The summed E-state index contributed by atoms with van der Waals surface area (Å²) >= 11 is 0. The van der Waals surface area contributed by atoms with E-state index in [1.165, 1.54) is 18.4 Å². The van der Waals surface area contributed by atoms with E-state index in [0.29, 0.717) is 23.3 Å². The molecule has 6 rings (SSSR count). The van der Waals surface area contributed by atoms with Gasteiger partial charge in [0.15, 0.2) is 0 Å². The molecule has 0 atom stereocenters. The van der Waals surface area contributed by atoms with Crippen LogP contribution >= 0.6 is 12.4 Å². The monoisotopic (exact) mass is 495 g/mol. The van der Waals surface area contributed by atoms with Gasteiger partial charge in [-0.2, -0.15) is 10.5 Å². The molecular weight excluding hydrogens is 470 g/mol. The molecule has 2 aliphatic rings. The van der Waals surface area contributed by atoms with E-state index in [4.69, 9.17) is 4.98 Å². The second-order valence-electron chi connectivity index (χ2n) is 9.60. The third-order valence-electron chi connectivity index (χ3n) is 7.18. The maximum absolute atomic E-state index is 9.25. The summed E-state index contributed by atoms with van der Waals surface area (Å²) in [5.41, 5.74) is 5.89. The molecule has 0 amide bonds. The number of benzene rings is 1. The normalized spacial score (nSPS) is 19.2. The van der Waals surface area contributed by atoms with Gasteiger partial charge in [0.2, 0.25) is 0 Å². The average molecular weight is 496 g/mol. The highest BCUT2D eigenvalue weighted by atomic mass is 35.5. The van der Waals surface area contributed by atoms with Crippen LogP contribution in [-0.2, 0) is 0 Å². The summed E-state index contributed by atoms with van der Waals surface area (Å²) in [6.07, 6.45) is 9.87. The number of imidazole rings is 1. The van der Waals surface area contributed by atoms with Crippen LogP contribution in [0.25, 0.3) is 22.3 Å². The Morgan fingerprint density at radius 3 is 2.47 bits per heavy atom. The number of anilines is 2. The number of nitrogens with one attached hydrogen (secondary N) is 1. The third-order valence-corrected chi connectivity index (χ3v) is 7.18. The van der Waals surface area contributed by atoms with Crippen molar-refractivity contribution in [3.63, 3.8) is 0 Å². The summed E-state index contributed by atoms with van der Waals surface area (Å²) in [6.45, 7) is 0. The first-order valence-corrected chi connectivity index (χ1v) is 12.2. The van der Waals surface area contributed by atoms with Gasteiger partial charge in [0, 0.05) is 23.7 Å². The molecule has 0 unspecified atom stereocenters. The molecule has 2 fully saturated rings. The minimum Gasteiger partial charge on any atom is -0.327 e. The standard InChI is InChI=1S/C28H25N7.ClH/c29-15-18-1-6-23(7-2-18)35-17-32-24-8-5-21(13-26(24)35)25-12-22(20-3-4-20)14-28(33-25)34-27-11-19(16-30)9-10-31-27;/h5,8-14,17-18,20,23H,1-4,6-7H2,(H,31,33,34);1H/t18-,23-;. The van der Waals surface area contributed by atoms with Crippen LogP contribution in [0.3, 0.4) is 0 Å². The van der Waals surface area contributed by atoms with E-state index in [0.717, 1.165) is 53.8 Å². The van der Waals surface area contributed by atoms with Crippen molar-refractivity contribution in [2.75, 3.05) is 5.32 Å². The van der Waals surface area contributed by atoms with E-state index in [1.807, 2.05) is 6.33 Å². The molecule has 0 bridgehead atoms. The Hall–Kier alpha value is -3.94. The number of pyridine rings is 2. The lowest BCUT2D eigenvalue weighted by atomic mass is 9.87. The zero-order valence-corrected chi connectivity index (χ0v) is 20.6. The lowest BCUT2D eigenvalue weighted by Gasteiger charge is -2.26. The molecule has 4 aromatic rings. The number of rotatable bonds is 5. The van der Waals surface area contributed by atoms with Crippen molar-refractivity contribution in [1.29, 1.82) is 10.5 Å². The van der Waals surface area contributed by atoms with Crippen molar-refractivity contribution in [3.8, 4) is 23.4 Å². The molecule has 180 valence electrons. The number of hydrogen-bond acceptors (Lipinski definition) is 6. The van der Waals surface area contributed by atoms with E-state index in [2.05, 4.69) is 62.3 Å². The molecule has 7 nitrogen and oxygen atoms in total. The van der Waals surface area contributed by atoms with Gasteiger partial charge in [0.05, 0.1) is 40.8 Å². The summed E-state index contributed by atoms with van der Waals surface area (Å²) in [7, 11) is 0. The van der Waals surface area contributed by atoms with E-state index >= 15 is 0 Å². The predicted octanol–water partition coefficient (Wildman–Crippen LogP) is 6.66. The van der Waals surface area contributed by atoms with Crippen LogP contribution in [0.5, 0.6) is 0 Å². The highest BCUT2D eigenvalue weighted by Gasteiger charge is 2.26. The van der Waals surface area contributed by atoms with Crippen LogP contribution in [0.15, 0.2) is 55.0 Å². The molecule has 0 aliphatic heterocycles. The van der Waals surface area contributed by atoms with E-state index in [9.17, 15) is 10.5 Å². The highest BCUT2D eigenvalue weighted by molar-refractivity contribution is 5.85. The summed E-state index contributed by atoms with van der Waals surface area (Å²) in [5.74, 6) is 2.09. The van der Waals surface area contributed by atoms with Crippen LogP contribution in [0.2, 0.25) is 0 Å². The summed E-state index contributed by atoms with van der Waals surface area (Å²) in [5, 5.41) is 21.8. The van der Waals surface area contributed by atoms with Crippen LogP contribution in [0.1, 0.15) is 61.6 Å². The fourth-order valence-electron chi connectivity index (χ4n) is 5.08. The molecule has 8 heteroatoms. The number of aromatic nitrogens is 4. The Balaban J connectivity index is 0.00000267. The van der Waals surface area contributed by atoms with Gasteiger partial charge in [-0.15, -0.1) is 12.4 Å². The molecule has 0 spiro atoms. The van der Waals surface area contributed by atoms with Gasteiger partial charge in [0.1, 0.15) is 11.6 Å². The van der Waals surface area contributed by atoms with Crippen LogP contribution in [0, 0.1) is 28.6 Å². The van der Waals surface area contributed by atoms with Crippen LogP contribution in [0.4, 0.5) is 11.6 Å². The van der Waals surface area contributed by atoms with Gasteiger partial charge in [-0.25, -0.2) is 15.0 Å². The highest BCUT2D eigenvalue weighted by Crippen LogP contribution is 2.42. The number of fused-ring (bicyclic) bond motifs is 1. The summed E-state index contributed by atoms with van der Waals surface area (Å²) in [4.78, 5) is 13.9. The first-order chi connectivity index (χ1) is 17.2. The Bertz CT molecular complexity index is 1480. The van der Waals surface area contributed by atoms with Crippen molar-refractivity contribution < 1.29 is 0 Å². The first kappa shape index (κ1) is 23.8. The van der Waals surface area contributed by atoms with Crippen molar-refractivity contribution in [3.05, 3.63) is 66.1 Å². The van der Waals surface area contributed by atoms with Crippen LogP contribution < -0.4 is 5.32 Å². The predicted molar refractivity (Wildman–Crippen MR) is 141 cm³/mol. The maximum Gasteiger partial charge on any atom is 0.132 e. The second-order valence-corrected chi connectivity index (χ2v) is 9.60. The smallest absolute Gasteiger partial charge is 0.132 e. The Kier molecular flexibility index (Phi) is 6.59. The van der Waals surface area contributed by atoms with Gasteiger partial charge >= 0.3 is 0 Å². The fourth-order valence-corrected chi connectivity index (χ4v) is 5.08. The minimum absolute atomic E-state index is 0. The number of nitriles is 2. The fraction of sp³-hybridized carbons (Fsp3) is 0.321. The molecular formula is C28H26ClN7. The SMILES string of the molecule is Cl.N#Cc1ccnc(Nc2cc(C3CC3)cc(-c3ccc4ncn([C@H]5CC[C@H](C#N)CC5)c4c3)n2)c1. The Labute approximate surface area is 216 Å². The molecule has 1 aromatic carbocycles. The molecule has 2 saturated carbocycles. The van der Waals surface area contributed by atoms with Gasteiger partial charge in [0.25, 0.3) is 0 Å². The molecule has 0 saturated heterocycles. The van der Waals surface area contributed by atoms with Crippen molar-refractivity contribution in [2.45, 2.75) is 50.5 Å². The molecule has 2 aliphatic carbocycles. The van der Waals surface area contributed by atoms with Gasteiger partial charge in [-0.05, 0) is 86.4 Å². The topological polar surface area (TPSA) is 103 Å². The van der Waals surface area contributed by atoms with Crippen molar-refractivity contribution >= 4 is 35.1 Å². The first-order valence-electron chi connectivity index (χ1n) is 12.2. The average Bonchev–Trinajstić information content (AvgIpc) is 3.68. The van der Waals surface area contributed by atoms with E-state index in [1.54, 1.807) is 18.3 Å². The Morgan fingerprint density at radius 2 is 1.72 bits per heavy atom. The molecule has 3 heterocycles. The number of halogens is 1. The summed E-state index contributed by atoms with van der Waals surface area (Å²) in [6, 6.07) is 19.0. The number of nitrogens with zero attached hydrogens (tertiary/aromatic N) is 6. The van der Waals surface area contributed by atoms with Gasteiger partial charge in [-0.1, -0.05) is 6.07 Å². The lowest BCUT2D eigenvalue weighted by Crippen LogP contribution is -2.16. The minimum atomic E-state index is 0. The third kappa shape index (κ3) is 4.76.